The molecular weight excluding hydrogens is 324 g/mol. The largest absolute Gasteiger partial charge is 0.454 e. The smallest absolute Gasteiger partial charge is 0.231 e. The molecule has 5 rings (SSSR count). The number of aromatic nitrogens is 1. The summed E-state index contributed by atoms with van der Waals surface area (Å²) < 4.78 is 11.2. The van der Waals surface area contributed by atoms with Gasteiger partial charge in [0.15, 0.2) is 11.5 Å². The van der Waals surface area contributed by atoms with Crippen molar-refractivity contribution in [3.63, 3.8) is 0 Å². The number of nitrogens with one attached hydrogen (secondary N) is 1. The highest BCUT2D eigenvalue weighted by Crippen LogP contribution is 2.41. The van der Waals surface area contributed by atoms with Crippen LogP contribution in [0.5, 0.6) is 11.5 Å². The van der Waals surface area contributed by atoms with Gasteiger partial charge in [-0.2, -0.15) is 0 Å². The molecule has 0 saturated heterocycles. The Bertz CT molecular complexity index is 946. The molecule has 2 aliphatic heterocycles. The van der Waals surface area contributed by atoms with E-state index in [2.05, 4.69) is 59.4 Å². The molecule has 0 spiro atoms. The first-order valence-corrected chi connectivity index (χ1v) is 9.55. The summed E-state index contributed by atoms with van der Waals surface area (Å²) in [5.41, 5.74) is 5.47. The molecule has 3 aromatic rings. The molecule has 1 atom stereocenters. The summed E-state index contributed by atoms with van der Waals surface area (Å²) in [5, 5.41) is 1.34. The van der Waals surface area contributed by atoms with E-state index in [1.165, 1.54) is 27.6 Å². The van der Waals surface area contributed by atoms with Gasteiger partial charge in [-0.05, 0) is 60.7 Å². The monoisotopic (exact) mass is 348 g/mol. The first-order chi connectivity index (χ1) is 12.8. The van der Waals surface area contributed by atoms with Crippen LogP contribution in [-0.4, -0.2) is 29.8 Å². The Labute approximate surface area is 153 Å². The third-order valence-corrected chi connectivity index (χ3v) is 5.87. The molecule has 0 fully saturated rings. The van der Waals surface area contributed by atoms with Crippen LogP contribution < -0.4 is 9.47 Å². The molecule has 2 aliphatic rings. The second-order valence-electron chi connectivity index (χ2n) is 7.20. The molecule has 4 nitrogen and oxygen atoms in total. The van der Waals surface area contributed by atoms with Crippen LogP contribution in [-0.2, 0) is 12.8 Å². The van der Waals surface area contributed by atoms with Crippen LogP contribution in [0.2, 0.25) is 0 Å². The van der Waals surface area contributed by atoms with Crippen molar-refractivity contribution in [2.75, 3.05) is 19.9 Å². The standard InChI is InChI=1S/C22H24N2O2/c1-2-24-10-9-15-11-21-22(26-14-25-21)12-18(15)20(24)8-7-16-13-23-19-6-4-3-5-17(16)19/h3-6,11-13,20,23H,2,7-10,14H2,1H3. The summed E-state index contributed by atoms with van der Waals surface area (Å²) >= 11 is 0. The number of hydrogen-bond donors (Lipinski definition) is 1. The molecule has 1 aromatic heterocycles. The first-order valence-electron chi connectivity index (χ1n) is 9.55. The molecule has 1 unspecified atom stereocenters. The summed E-state index contributed by atoms with van der Waals surface area (Å²) in [7, 11) is 0. The highest BCUT2D eigenvalue weighted by atomic mass is 16.7. The second-order valence-corrected chi connectivity index (χ2v) is 7.20. The van der Waals surface area contributed by atoms with Gasteiger partial charge in [0, 0.05) is 29.7 Å². The number of aromatic amines is 1. The van der Waals surface area contributed by atoms with Gasteiger partial charge in [0.1, 0.15) is 0 Å². The topological polar surface area (TPSA) is 37.5 Å². The number of ether oxygens (including phenoxy) is 2. The molecule has 4 heteroatoms. The van der Waals surface area contributed by atoms with Crippen LogP contribution in [0.4, 0.5) is 0 Å². The molecule has 3 heterocycles. The van der Waals surface area contributed by atoms with Crippen LogP contribution in [0.1, 0.15) is 36.1 Å². The Hall–Kier alpha value is -2.46. The Morgan fingerprint density at radius 2 is 2.00 bits per heavy atom. The van der Waals surface area contributed by atoms with Gasteiger partial charge in [0.05, 0.1) is 0 Å². The van der Waals surface area contributed by atoms with Gasteiger partial charge in [0.25, 0.3) is 0 Å². The Morgan fingerprint density at radius 3 is 2.88 bits per heavy atom. The minimum Gasteiger partial charge on any atom is -0.454 e. The van der Waals surface area contributed by atoms with E-state index in [1.54, 1.807) is 0 Å². The van der Waals surface area contributed by atoms with Crippen LogP contribution >= 0.6 is 0 Å². The number of rotatable bonds is 4. The number of fused-ring (bicyclic) bond motifs is 3. The molecule has 0 radical (unpaired) electrons. The third kappa shape index (κ3) is 2.56. The van der Waals surface area contributed by atoms with Crippen molar-refractivity contribution in [3.05, 3.63) is 59.3 Å². The van der Waals surface area contributed by atoms with Crippen LogP contribution in [0.3, 0.4) is 0 Å². The predicted octanol–water partition coefficient (Wildman–Crippen LogP) is 4.45. The minimum absolute atomic E-state index is 0.343. The molecule has 1 N–H and O–H groups in total. The minimum atomic E-state index is 0.343. The van der Waals surface area contributed by atoms with Crippen LogP contribution in [0.15, 0.2) is 42.6 Å². The lowest BCUT2D eigenvalue weighted by atomic mass is 9.88. The average Bonchev–Trinajstić information content (AvgIpc) is 3.30. The lowest BCUT2D eigenvalue weighted by molar-refractivity contribution is 0.173. The highest BCUT2D eigenvalue weighted by Gasteiger charge is 2.29. The van der Waals surface area contributed by atoms with Crippen molar-refractivity contribution >= 4 is 10.9 Å². The van der Waals surface area contributed by atoms with E-state index in [1.807, 2.05) is 0 Å². The van der Waals surface area contributed by atoms with Gasteiger partial charge in [0.2, 0.25) is 6.79 Å². The van der Waals surface area contributed by atoms with Crippen LogP contribution in [0, 0.1) is 0 Å². The van der Waals surface area contributed by atoms with E-state index in [9.17, 15) is 0 Å². The van der Waals surface area contributed by atoms with Gasteiger partial charge in [-0.25, -0.2) is 0 Å². The maximum absolute atomic E-state index is 5.64. The van der Waals surface area contributed by atoms with Crippen LogP contribution in [0.25, 0.3) is 10.9 Å². The lowest BCUT2D eigenvalue weighted by Gasteiger charge is -2.37. The van der Waals surface area contributed by atoms with Gasteiger partial charge < -0.3 is 14.5 Å². The number of nitrogens with zero attached hydrogens (tertiary/aromatic N) is 1. The van der Waals surface area contributed by atoms with Crippen molar-refractivity contribution in [3.8, 4) is 11.5 Å². The van der Waals surface area contributed by atoms with E-state index >= 15 is 0 Å². The molecular formula is C22H24N2O2. The predicted molar refractivity (Wildman–Crippen MR) is 103 cm³/mol. The van der Waals surface area contributed by atoms with Crippen molar-refractivity contribution in [2.45, 2.75) is 32.2 Å². The molecule has 0 bridgehead atoms. The lowest BCUT2D eigenvalue weighted by Crippen LogP contribution is -2.35. The number of benzene rings is 2. The Balaban J connectivity index is 1.45. The van der Waals surface area contributed by atoms with Gasteiger partial charge >= 0.3 is 0 Å². The summed E-state index contributed by atoms with van der Waals surface area (Å²) in [5.74, 6) is 1.81. The molecule has 134 valence electrons. The molecule has 0 aliphatic carbocycles. The number of aryl methyl sites for hydroxylation is 1. The van der Waals surface area contributed by atoms with E-state index in [4.69, 9.17) is 9.47 Å². The summed E-state index contributed by atoms with van der Waals surface area (Å²) in [4.78, 5) is 6.00. The average molecular weight is 348 g/mol. The Kier molecular flexibility index (Phi) is 3.86. The maximum atomic E-state index is 5.64. The fourth-order valence-corrected chi connectivity index (χ4v) is 4.49. The van der Waals surface area contributed by atoms with E-state index in [0.29, 0.717) is 12.8 Å². The number of likely N-dealkylation sites (N-methyl/N-ethyl adjacent to an activating group) is 1. The van der Waals surface area contributed by atoms with Crippen molar-refractivity contribution in [1.82, 2.24) is 9.88 Å². The molecule has 26 heavy (non-hydrogen) atoms. The van der Waals surface area contributed by atoms with Crippen molar-refractivity contribution in [2.24, 2.45) is 0 Å². The third-order valence-electron chi connectivity index (χ3n) is 5.87. The number of para-hydroxylation sites is 1. The quantitative estimate of drug-likeness (QED) is 0.757. The van der Waals surface area contributed by atoms with E-state index in [0.717, 1.165) is 43.9 Å². The fourth-order valence-electron chi connectivity index (χ4n) is 4.49. The zero-order chi connectivity index (χ0) is 17.5. The van der Waals surface area contributed by atoms with E-state index in [-0.39, 0.29) is 0 Å². The second kappa shape index (κ2) is 6.36. The summed E-state index contributed by atoms with van der Waals surface area (Å²) in [6.45, 7) is 4.79. The summed E-state index contributed by atoms with van der Waals surface area (Å²) in [6, 6.07) is 13.4. The van der Waals surface area contributed by atoms with E-state index < -0.39 is 0 Å². The first kappa shape index (κ1) is 15.8. The highest BCUT2D eigenvalue weighted by molar-refractivity contribution is 5.83. The number of hydrogen-bond acceptors (Lipinski definition) is 3. The zero-order valence-corrected chi connectivity index (χ0v) is 15.1. The maximum Gasteiger partial charge on any atom is 0.231 e. The fraction of sp³-hybridized carbons (Fsp3) is 0.364. The molecule has 0 saturated carbocycles. The van der Waals surface area contributed by atoms with Gasteiger partial charge in [-0.1, -0.05) is 25.1 Å². The van der Waals surface area contributed by atoms with Crippen molar-refractivity contribution < 1.29 is 9.47 Å². The zero-order valence-electron chi connectivity index (χ0n) is 15.1. The number of H-pyrrole nitrogens is 1. The molecule has 0 amide bonds. The Morgan fingerprint density at radius 1 is 1.15 bits per heavy atom. The normalized spacial score (nSPS) is 19.0. The summed E-state index contributed by atoms with van der Waals surface area (Å²) in [6.07, 6.45) is 5.44. The SMILES string of the molecule is CCN1CCc2cc3c(cc2C1CCc1c[nH]c2ccccc12)OCO3. The van der Waals surface area contributed by atoms with Crippen molar-refractivity contribution in [1.29, 1.82) is 0 Å². The van der Waals surface area contributed by atoms with Gasteiger partial charge in [-0.3, -0.25) is 4.90 Å². The molecule has 2 aromatic carbocycles. The van der Waals surface area contributed by atoms with Gasteiger partial charge in [-0.15, -0.1) is 0 Å².